The summed E-state index contributed by atoms with van der Waals surface area (Å²) in [7, 11) is -16.1. The molecule has 0 spiro atoms. The fourth-order valence-electron chi connectivity index (χ4n) is 4.87. The van der Waals surface area contributed by atoms with Gasteiger partial charge in [-0.1, -0.05) is 109 Å². The molecule has 0 aliphatic rings. The van der Waals surface area contributed by atoms with Gasteiger partial charge in [-0.25, -0.2) is 0 Å². The van der Waals surface area contributed by atoms with Gasteiger partial charge in [-0.15, -0.1) is 0 Å². The molecule has 14 heteroatoms. The van der Waals surface area contributed by atoms with Gasteiger partial charge in [0.2, 0.25) is 0 Å². The minimum absolute atomic E-state index is 1.21. The molecule has 0 heterocycles. The normalized spacial score (nSPS) is 11.4. The Bertz CT molecular complexity index is 1570. The molecule has 50 heavy (non-hydrogen) atoms. The summed E-state index contributed by atoms with van der Waals surface area (Å²) in [5.41, 5.74) is 0. The van der Waals surface area contributed by atoms with E-state index in [1.54, 1.807) is 0 Å². The van der Waals surface area contributed by atoms with Crippen LogP contribution >= 0.6 is 14.1 Å². The van der Waals surface area contributed by atoms with Crippen LogP contribution in [0.2, 0.25) is 0 Å². The van der Waals surface area contributed by atoms with Crippen LogP contribution < -0.4 is 42.2 Å². The van der Waals surface area contributed by atoms with E-state index in [1.165, 1.54) is 31.8 Å². The Morgan fingerprint density at radius 1 is 0.260 bits per heavy atom. The lowest BCUT2D eigenvalue weighted by Crippen LogP contribution is -2.44. The summed E-state index contributed by atoms with van der Waals surface area (Å²) >= 11 is 0. The second kappa shape index (κ2) is 18.4. The van der Waals surface area contributed by atoms with Crippen LogP contribution in [-0.2, 0) is 0 Å². The molecule has 0 aliphatic heterocycles. The third-order valence-corrected chi connectivity index (χ3v) is 13.7. The lowest BCUT2D eigenvalue weighted by Gasteiger charge is -2.18. The van der Waals surface area contributed by atoms with Gasteiger partial charge in [0.1, 0.15) is 0 Å². The largest absolute Gasteiger partial charge is 0.673 e. The van der Waals surface area contributed by atoms with Crippen LogP contribution in [0.3, 0.4) is 0 Å². The molecule has 0 aromatic heterocycles. The lowest BCUT2D eigenvalue weighted by molar-refractivity contribution is -0.0815. The van der Waals surface area contributed by atoms with Crippen molar-refractivity contribution in [1.82, 2.24) is 0 Å². The third-order valence-electron chi connectivity index (χ3n) is 6.98. The average Bonchev–Trinajstić information content (AvgIpc) is 3.12. The first kappa shape index (κ1) is 39.8. The standard InChI is InChI=1S/2C18H16NP.2BF4/c2*19-20(16-10-4-1-5-11-16,17-12-6-2-7-13-17)18-14-8-3-9-15-18;2*2-1(3,4)5/h2*1-15,19H;;/q;;2*-1/p+2. The molecule has 0 radical (unpaired) electrons. The van der Waals surface area contributed by atoms with Crippen molar-refractivity contribution in [3.8, 4) is 0 Å². The molecule has 4 N–H and O–H groups in total. The number of benzene rings is 6. The highest BCUT2D eigenvalue weighted by molar-refractivity contribution is 7.85. The maximum absolute atomic E-state index is 9.75. The Kier molecular flexibility index (Phi) is 14.6. The van der Waals surface area contributed by atoms with E-state index < -0.39 is 28.6 Å². The van der Waals surface area contributed by atoms with Crippen molar-refractivity contribution in [2.45, 2.75) is 0 Å². The quantitative estimate of drug-likeness (QED) is 0.113. The molecule has 2 nitrogen and oxygen atoms in total. The molecule has 0 amide bonds. The van der Waals surface area contributed by atoms with Crippen molar-refractivity contribution in [1.29, 1.82) is 0 Å². The van der Waals surface area contributed by atoms with Gasteiger partial charge in [0.25, 0.3) is 0 Å². The SMILES string of the molecule is F[B-](F)(F)F.F[B-](F)(F)F.[NH2+]=P(c1ccccc1)(c1ccccc1)c1ccccc1.[NH2+]=P(c1ccccc1)(c1ccccc1)c1ccccc1. The smallest absolute Gasteiger partial charge is 0.418 e. The Hall–Kier alpha value is -4.65. The van der Waals surface area contributed by atoms with E-state index in [1.807, 2.05) is 36.4 Å². The molecule has 6 aromatic carbocycles. The Labute approximate surface area is 286 Å². The van der Waals surface area contributed by atoms with Crippen molar-refractivity contribution in [2.75, 3.05) is 0 Å². The predicted molar refractivity (Wildman–Crippen MR) is 195 cm³/mol. The second-order valence-corrected chi connectivity index (χ2v) is 16.4. The minimum Gasteiger partial charge on any atom is -0.418 e. The van der Waals surface area contributed by atoms with Crippen LogP contribution in [0.4, 0.5) is 34.5 Å². The second-order valence-electron chi connectivity index (χ2n) is 10.4. The van der Waals surface area contributed by atoms with Crippen LogP contribution in [0, 0.1) is 0 Å². The summed E-state index contributed by atoms with van der Waals surface area (Å²) in [5.74, 6) is 0. The first-order chi connectivity index (χ1) is 23.6. The van der Waals surface area contributed by atoms with Gasteiger partial charge in [-0.2, -0.15) is 0 Å². The number of rotatable bonds is 6. The molecule has 0 atom stereocenters. The third kappa shape index (κ3) is 12.3. The molecular formula is C36H34B2F8N2P2. The van der Waals surface area contributed by atoms with Gasteiger partial charge < -0.3 is 34.5 Å². The number of nitrogens with two attached hydrogens (primary N) is 2. The molecule has 260 valence electrons. The van der Waals surface area contributed by atoms with Gasteiger partial charge in [0.05, 0.1) is 0 Å². The van der Waals surface area contributed by atoms with Gasteiger partial charge in [-0.3, -0.25) is 10.3 Å². The molecule has 0 fully saturated rings. The molecule has 0 saturated heterocycles. The van der Waals surface area contributed by atoms with Crippen molar-refractivity contribution >= 4 is 60.4 Å². The summed E-state index contributed by atoms with van der Waals surface area (Å²) in [6.07, 6.45) is 0. The molecule has 0 unspecified atom stereocenters. The molecule has 6 aromatic rings. The molecule has 0 saturated carbocycles. The Morgan fingerprint density at radius 2 is 0.360 bits per heavy atom. The van der Waals surface area contributed by atoms with Crippen LogP contribution in [0.25, 0.3) is 0 Å². The number of hydrogen-bond acceptors (Lipinski definition) is 0. The van der Waals surface area contributed by atoms with E-state index in [4.69, 9.17) is 10.3 Å². The van der Waals surface area contributed by atoms with Gasteiger partial charge >= 0.3 is 14.5 Å². The number of hydrogen-bond donors (Lipinski definition) is 2. The fraction of sp³-hybridized carbons (Fsp3) is 0. The molecular weight excluding hydrogens is 696 g/mol. The Balaban J connectivity index is 0.000000214. The van der Waals surface area contributed by atoms with Crippen LogP contribution in [-0.4, -0.2) is 14.5 Å². The average molecular weight is 730 g/mol. The van der Waals surface area contributed by atoms with E-state index in [0.717, 1.165) is 0 Å². The molecule has 0 aliphatic carbocycles. The van der Waals surface area contributed by atoms with E-state index >= 15 is 0 Å². The van der Waals surface area contributed by atoms with Crippen molar-refractivity contribution in [3.63, 3.8) is 0 Å². The summed E-state index contributed by atoms with van der Waals surface area (Å²) in [4.78, 5) is 0. The van der Waals surface area contributed by atoms with E-state index in [0.29, 0.717) is 0 Å². The first-order valence-electron chi connectivity index (χ1n) is 15.1. The summed E-state index contributed by atoms with van der Waals surface area (Å²) in [5, 5.41) is 21.2. The maximum atomic E-state index is 9.75. The first-order valence-corrected chi connectivity index (χ1v) is 18.8. The van der Waals surface area contributed by atoms with Crippen LogP contribution in [0.15, 0.2) is 182 Å². The Morgan fingerprint density at radius 3 is 0.460 bits per heavy atom. The predicted octanol–water partition coefficient (Wildman–Crippen LogP) is 6.45. The topological polar surface area (TPSA) is 51.2 Å². The molecule has 0 bridgehead atoms. The van der Waals surface area contributed by atoms with Gasteiger partial charge in [-0.05, 0) is 72.8 Å². The zero-order valence-corrected chi connectivity index (χ0v) is 28.3. The van der Waals surface area contributed by atoms with Crippen molar-refractivity contribution in [2.24, 2.45) is 0 Å². The zero-order valence-electron chi connectivity index (χ0n) is 26.5. The highest BCUT2D eigenvalue weighted by Crippen LogP contribution is 2.38. The van der Waals surface area contributed by atoms with Gasteiger partial charge in [0, 0.05) is 31.8 Å². The summed E-state index contributed by atoms with van der Waals surface area (Å²) in [6.45, 7) is 0. The molecule has 6 rings (SSSR count). The number of halogens is 8. The van der Waals surface area contributed by atoms with Gasteiger partial charge in [0.15, 0.2) is 14.1 Å². The van der Waals surface area contributed by atoms with E-state index in [-0.39, 0.29) is 0 Å². The van der Waals surface area contributed by atoms with Crippen LogP contribution in [0.5, 0.6) is 0 Å². The summed E-state index contributed by atoms with van der Waals surface area (Å²) in [6, 6.07) is 62.5. The maximum Gasteiger partial charge on any atom is 0.673 e. The lowest BCUT2D eigenvalue weighted by atomic mass is 10.3. The van der Waals surface area contributed by atoms with Crippen LogP contribution in [0.1, 0.15) is 0 Å². The zero-order chi connectivity index (χ0) is 36.7. The van der Waals surface area contributed by atoms with E-state index in [9.17, 15) is 34.5 Å². The summed E-state index contributed by atoms with van der Waals surface area (Å²) < 4.78 is 78.0. The van der Waals surface area contributed by atoms with E-state index in [2.05, 4.69) is 146 Å². The monoisotopic (exact) mass is 730 g/mol. The van der Waals surface area contributed by atoms with Crippen molar-refractivity contribution < 1.29 is 44.8 Å². The minimum atomic E-state index is -6.00. The fourth-order valence-corrected chi connectivity index (χ4v) is 10.5. The highest BCUT2D eigenvalue weighted by atomic mass is 31.2. The highest BCUT2D eigenvalue weighted by Gasteiger charge is 2.31. The van der Waals surface area contributed by atoms with Crippen molar-refractivity contribution in [3.05, 3.63) is 182 Å².